The summed E-state index contributed by atoms with van der Waals surface area (Å²) in [6.45, 7) is 4.85. The van der Waals surface area contributed by atoms with Gasteiger partial charge in [-0.25, -0.2) is 0 Å². The number of ether oxygens (including phenoxy) is 1. The highest BCUT2D eigenvalue weighted by molar-refractivity contribution is 7.80. The van der Waals surface area contributed by atoms with Crippen LogP contribution in [0.4, 0.5) is 0 Å². The zero-order chi connectivity index (χ0) is 8.43. The number of rotatable bonds is 1. The van der Waals surface area contributed by atoms with E-state index in [4.69, 9.17) is 17.0 Å². The Balaban J connectivity index is 2.60. The molecule has 1 rings (SSSR count). The second-order valence-corrected chi connectivity index (χ2v) is 3.11. The molecule has 0 N–H and O–H groups in total. The molecule has 0 atom stereocenters. The molecule has 62 valence electrons. The summed E-state index contributed by atoms with van der Waals surface area (Å²) in [5, 5.41) is 0.323. The first-order valence-corrected chi connectivity index (χ1v) is 4.02. The number of amides is 1. The molecule has 1 aliphatic rings. The highest BCUT2D eigenvalue weighted by Crippen LogP contribution is 2.08. The molecule has 3 nitrogen and oxygen atoms in total. The second kappa shape index (κ2) is 3.17. The molecule has 11 heavy (non-hydrogen) atoms. The molecule has 0 radical (unpaired) electrons. The lowest BCUT2D eigenvalue weighted by atomic mass is 10.2. The predicted molar refractivity (Wildman–Crippen MR) is 45.1 cm³/mol. The molecule has 1 saturated heterocycles. The van der Waals surface area contributed by atoms with Crippen LogP contribution >= 0.6 is 12.2 Å². The van der Waals surface area contributed by atoms with E-state index >= 15 is 0 Å². The fourth-order valence-corrected chi connectivity index (χ4v) is 1.17. The minimum absolute atomic E-state index is 0.00495. The van der Waals surface area contributed by atoms with Gasteiger partial charge in [0.2, 0.25) is 5.91 Å². The molecule has 0 saturated carbocycles. The van der Waals surface area contributed by atoms with Gasteiger partial charge < -0.3 is 4.74 Å². The van der Waals surface area contributed by atoms with Crippen LogP contribution < -0.4 is 0 Å². The number of hydrogen-bond acceptors (Lipinski definition) is 3. The van der Waals surface area contributed by atoms with Crippen molar-refractivity contribution in [2.75, 3.05) is 13.2 Å². The first-order chi connectivity index (χ1) is 5.13. The first-order valence-electron chi connectivity index (χ1n) is 3.61. The molecule has 0 aliphatic carbocycles. The summed E-state index contributed by atoms with van der Waals surface area (Å²) in [6, 6.07) is 0. The Kier molecular flexibility index (Phi) is 2.44. The van der Waals surface area contributed by atoms with E-state index in [2.05, 4.69) is 0 Å². The van der Waals surface area contributed by atoms with Crippen LogP contribution in [0.2, 0.25) is 0 Å². The van der Waals surface area contributed by atoms with Crippen LogP contribution in [0.3, 0.4) is 0 Å². The summed E-state index contributed by atoms with van der Waals surface area (Å²) >= 11 is 4.82. The average molecular weight is 173 g/mol. The fraction of sp³-hybridized carbons (Fsp3) is 0.714. The van der Waals surface area contributed by atoms with Gasteiger partial charge in [0.15, 0.2) is 0 Å². The Bertz CT molecular complexity index is 191. The highest BCUT2D eigenvalue weighted by Gasteiger charge is 2.26. The van der Waals surface area contributed by atoms with Gasteiger partial charge >= 0.3 is 0 Å². The Morgan fingerprint density at radius 2 is 2.36 bits per heavy atom. The van der Waals surface area contributed by atoms with Crippen molar-refractivity contribution in [2.24, 2.45) is 5.92 Å². The Labute approximate surface area is 71.3 Å². The number of carbonyl (C=O) groups is 1. The SMILES string of the molecule is CC(C)C(=O)N1CCOC1=S. The third-order valence-electron chi connectivity index (χ3n) is 1.52. The molecule has 1 fully saturated rings. The van der Waals surface area contributed by atoms with Gasteiger partial charge in [0.1, 0.15) is 6.61 Å². The Hall–Kier alpha value is -0.640. The van der Waals surface area contributed by atoms with Crippen molar-refractivity contribution in [1.29, 1.82) is 0 Å². The average Bonchev–Trinajstić information content (AvgIpc) is 2.33. The molecule has 0 bridgehead atoms. The van der Waals surface area contributed by atoms with Gasteiger partial charge in [-0.3, -0.25) is 9.69 Å². The number of hydrogen-bond donors (Lipinski definition) is 0. The van der Waals surface area contributed by atoms with Crippen molar-refractivity contribution in [3.63, 3.8) is 0 Å². The predicted octanol–water partition coefficient (Wildman–Crippen LogP) is 0.786. The van der Waals surface area contributed by atoms with Gasteiger partial charge in [0, 0.05) is 5.92 Å². The molecule has 0 aromatic carbocycles. The minimum Gasteiger partial charge on any atom is -0.469 e. The van der Waals surface area contributed by atoms with Gasteiger partial charge in [-0.1, -0.05) is 13.8 Å². The van der Waals surface area contributed by atoms with Gasteiger partial charge in [-0.2, -0.15) is 0 Å². The van der Waals surface area contributed by atoms with Crippen LogP contribution in [0.15, 0.2) is 0 Å². The molecule has 0 spiro atoms. The van der Waals surface area contributed by atoms with Crippen LogP contribution in [-0.4, -0.2) is 29.1 Å². The molecule has 0 aromatic heterocycles. The molecule has 0 unspecified atom stereocenters. The van der Waals surface area contributed by atoms with Crippen LogP contribution in [0.5, 0.6) is 0 Å². The maximum Gasteiger partial charge on any atom is 0.266 e. The fourth-order valence-electron chi connectivity index (χ4n) is 0.905. The van der Waals surface area contributed by atoms with Crippen molar-refractivity contribution in [3.8, 4) is 0 Å². The van der Waals surface area contributed by atoms with E-state index < -0.39 is 0 Å². The van der Waals surface area contributed by atoms with Crippen molar-refractivity contribution in [2.45, 2.75) is 13.8 Å². The van der Waals surface area contributed by atoms with Gasteiger partial charge in [-0.05, 0) is 12.2 Å². The summed E-state index contributed by atoms with van der Waals surface area (Å²) in [4.78, 5) is 12.8. The van der Waals surface area contributed by atoms with Crippen molar-refractivity contribution >= 4 is 23.3 Å². The first kappa shape index (κ1) is 8.46. The molecule has 4 heteroatoms. The van der Waals surface area contributed by atoms with E-state index in [1.54, 1.807) is 0 Å². The zero-order valence-corrected chi connectivity index (χ0v) is 7.48. The summed E-state index contributed by atoms with van der Waals surface area (Å²) in [6.07, 6.45) is 0. The summed E-state index contributed by atoms with van der Waals surface area (Å²) in [5.41, 5.74) is 0. The maximum absolute atomic E-state index is 11.3. The summed E-state index contributed by atoms with van der Waals surface area (Å²) in [7, 11) is 0. The molecular weight excluding hydrogens is 162 g/mol. The highest BCUT2D eigenvalue weighted by atomic mass is 32.1. The lowest BCUT2D eigenvalue weighted by Crippen LogP contribution is -2.34. The van der Waals surface area contributed by atoms with Gasteiger partial charge in [0.25, 0.3) is 5.17 Å². The monoisotopic (exact) mass is 173 g/mol. The quantitative estimate of drug-likeness (QED) is 0.549. The van der Waals surface area contributed by atoms with Gasteiger partial charge in [0.05, 0.1) is 6.54 Å². The van der Waals surface area contributed by atoms with E-state index in [1.807, 2.05) is 13.8 Å². The number of thiocarbonyl (C=S) groups is 1. The van der Waals surface area contributed by atoms with E-state index in [9.17, 15) is 4.79 Å². The zero-order valence-electron chi connectivity index (χ0n) is 6.66. The summed E-state index contributed by atoms with van der Waals surface area (Å²) < 4.78 is 4.97. The van der Waals surface area contributed by atoms with Crippen LogP contribution in [0.25, 0.3) is 0 Å². The standard InChI is InChI=1S/C7H11NO2S/c1-5(2)6(9)8-3-4-10-7(8)11/h5H,3-4H2,1-2H3. The third-order valence-corrected chi connectivity index (χ3v) is 1.86. The van der Waals surface area contributed by atoms with E-state index in [-0.39, 0.29) is 11.8 Å². The van der Waals surface area contributed by atoms with Crippen molar-refractivity contribution < 1.29 is 9.53 Å². The van der Waals surface area contributed by atoms with Crippen molar-refractivity contribution in [3.05, 3.63) is 0 Å². The molecule has 0 aromatic rings. The van der Waals surface area contributed by atoms with E-state index in [0.717, 1.165) is 0 Å². The molecule has 1 heterocycles. The lowest BCUT2D eigenvalue weighted by molar-refractivity contribution is -0.130. The Morgan fingerprint density at radius 3 is 2.73 bits per heavy atom. The molecule has 1 aliphatic heterocycles. The van der Waals surface area contributed by atoms with Crippen molar-refractivity contribution in [1.82, 2.24) is 4.90 Å². The number of nitrogens with zero attached hydrogens (tertiary/aromatic N) is 1. The smallest absolute Gasteiger partial charge is 0.266 e. The van der Waals surface area contributed by atoms with E-state index in [1.165, 1.54) is 4.90 Å². The minimum atomic E-state index is -0.00495. The van der Waals surface area contributed by atoms with Crippen LogP contribution in [0.1, 0.15) is 13.8 Å². The molecular formula is C7H11NO2S. The van der Waals surface area contributed by atoms with E-state index in [0.29, 0.717) is 18.3 Å². The van der Waals surface area contributed by atoms with Crippen LogP contribution in [0, 0.1) is 5.92 Å². The third kappa shape index (κ3) is 1.68. The maximum atomic E-state index is 11.3. The number of carbonyl (C=O) groups excluding carboxylic acids is 1. The molecule has 1 amide bonds. The lowest BCUT2D eigenvalue weighted by Gasteiger charge is -2.14. The van der Waals surface area contributed by atoms with Crippen LogP contribution in [-0.2, 0) is 9.53 Å². The second-order valence-electron chi connectivity index (χ2n) is 2.76. The Morgan fingerprint density at radius 1 is 1.73 bits per heavy atom. The largest absolute Gasteiger partial charge is 0.469 e. The normalized spacial score (nSPS) is 17.4. The van der Waals surface area contributed by atoms with Gasteiger partial charge in [-0.15, -0.1) is 0 Å². The summed E-state index contributed by atoms with van der Waals surface area (Å²) in [5.74, 6) is 0.0437. The topological polar surface area (TPSA) is 29.5 Å².